The molecule has 0 aliphatic carbocycles. The maximum atomic E-state index is 9.77. The van der Waals surface area contributed by atoms with Crippen LogP contribution in [0.15, 0.2) is 0 Å². The number of hydrogen-bond donors (Lipinski definition) is 8. The van der Waals surface area contributed by atoms with Crippen molar-refractivity contribution >= 4 is 72.7 Å². The average Bonchev–Trinajstić information content (AvgIpc) is 2.35. The Morgan fingerprint density at radius 1 is 0.444 bits per heavy atom. The Morgan fingerprint density at radius 3 is 0.556 bits per heavy atom. The van der Waals surface area contributed by atoms with Gasteiger partial charge in [-0.15, -0.1) is 0 Å². The van der Waals surface area contributed by atoms with Crippen LogP contribution in [-0.4, -0.2) is 154 Å². The van der Waals surface area contributed by atoms with E-state index in [0.29, 0.717) is 0 Å². The molecule has 0 amide bonds. The Bertz CT molecular complexity index is 326. The van der Waals surface area contributed by atoms with Crippen molar-refractivity contribution in [3.05, 3.63) is 0 Å². The Balaban J connectivity index is -0.0000000272. The van der Waals surface area contributed by atoms with Crippen LogP contribution >= 0.6 is 0 Å². The third-order valence-electron chi connectivity index (χ3n) is 1.61. The summed E-state index contributed by atoms with van der Waals surface area (Å²) in [6, 6.07) is 0. The summed E-state index contributed by atoms with van der Waals surface area (Å²) in [5.41, 5.74) is 0. The molecule has 27 heavy (non-hydrogen) atoms. The van der Waals surface area contributed by atoms with Gasteiger partial charge in [0.1, 0.15) is 0 Å². The summed E-state index contributed by atoms with van der Waals surface area (Å²) >= 11 is 0. The number of aliphatic hydroxyl groups excluding tert-OH is 4. The fraction of sp³-hybridized carbons (Fsp3) is 0.500. The first-order chi connectivity index (χ1) is 8.93. The maximum absolute atomic E-state index is 9.77. The van der Waals surface area contributed by atoms with Crippen LogP contribution in [0.25, 0.3) is 0 Å². The van der Waals surface area contributed by atoms with Crippen LogP contribution in [0.5, 0.6) is 0 Å². The van der Waals surface area contributed by atoms with Gasteiger partial charge in [0, 0.05) is 48.9 Å². The minimum absolute atomic E-state index is 0. The van der Waals surface area contributed by atoms with E-state index in [9.17, 15) is 19.2 Å². The number of aliphatic hydroxyl groups is 4. The summed E-state index contributed by atoms with van der Waals surface area (Å²) in [4.78, 5) is 39.1. The molecule has 0 fully saturated rings. The quantitative estimate of drug-likeness (QED) is 0.122. The second kappa shape index (κ2) is 30.7. The number of carbonyl (C=O) groups is 4. The molecule has 19 heteroatoms. The first-order valence-electron chi connectivity index (χ1n) is 4.57. The van der Waals surface area contributed by atoms with Gasteiger partial charge >= 0.3 is 127 Å². The molecule has 0 saturated carbocycles. The maximum Gasteiger partial charge on any atom is 1.00 e. The van der Waals surface area contributed by atoms with Crippen LogP contribution in [0.4, 0.5) is 0 Å². The monoisotopic (exact) mass is 674 g/mol. The molecule has 0 aromatic rings. The molecule has 0 saturated heterocycles. The van der Waals surface area contributed by atoms with Crippen molar-refractivity contribution in [2.45, 2.75) is 24.4 Å². The van der Waals surface area contributed by atoms with E-state index in [4.69, 9.17) is 40.9 Å². The van der Waals surface area contributed by atoms with Gasteiger partial charge in [-0.1, -0.05) is 0 Å². The van der Waals surface area contributed by atoms with E-state index in [1.807, 2.05) is 0 Å². The zero-order chi connectivity index (χ0) is 16.6. The summed E-state index contributed by atoms with van der Waals surface area (Å²) in [6.07, 6.45) is -9.06. The Kier molecular flexibility index (Phi) is 64.8. The number of hydrogen-bond acceptors (Lipinski definition) is 8. The normalized spacial score (nSPS) is 11.7. The Labute approximate surface area is 271 Å². The van der Waals surface area contributed by atoms with E-state index in [2.05, 4.69) is 0 Å². The van der Waals surface area contributed by atoms with Gasteiger partial charge < -0.3 is 57.3 Å². The SMILES string of the molecule is O.O.O.O=C(O)C(O)C(O)C(=O)O.O=C(O)C(O)C(O)C(=O)O.[K+].[K+].[Sb].[Sb]. The molecule has 0 aromatic carbocycles. The molecule has 0 aliphatic heterocycles. The van der Waals surface area contributed by atoms with Gasteiger partial charge in [-0.05, 0) is 0 Å². The van der Waals surface area contributed by atoms with Crippen molar-refractivity contribution in [2.24, 2.45) is 0 Å². The minimum Gasteiger partial charge on any atom is -0.479 e. The van der Waals surface area contributed by atoms with Gasteiger partial charge in [-0.3, -0.25) is 0 Å². The van der Waals surface area contributed by atoms with Crippen molar-refractivity contribution < 1.29 is 179 Å². The zero-order valence-corrected chi connectivity index (χ0v) is 25.3. The summed E-state index contributed by atoms with van der Waals surface area (Å²) in [5.74, 6) is -7.07. The van der Waals surface area contributed by atoms with Crippen LogP contribution in [0.1, 0.15) is 0 Å². The van der Waals surface area contributed by atoms with Crippen LogP contribution in [0.2, 0.25) is 0 Å². The molecule has 0 spiro atoms. The van der Waals surface area contributed by atoms with Crippen molar-refractivity contribution in [3.63, 3.8) is 0 Å². The predicted molar refractivity (Wildman–Crippen MR) is 76.9 cm³/mol. The van der Waals surface area contributed by atoms with Gasteiger partial charge in [-0.2, -0.15) is 0 Å². The van der Waals surface area contributed by atoms with E-state index >= 15 is 0 Å². The summed E-state index contributed by atoms with van der Waals surface area (Å²) < 4.78 is 0. The van der Waals surface area contributed by atoms with Crippen molar-refractivity contribution in [1.82, 2.24) is 0 Å². The number of aliphatic carboxylic acids is 4. The largest absolute Gasteiger partial charge is 1.00 e. The van der Waals surface area contributed by atoms with Gasteiger partial charge in [0.25, 0.3) is 0 Å². The van der Waals surface area contributed by atoms with E-state index in [-0.39, 0.29) is 168 Å². The molecule has 150 valence electrons. The fourth-order valence-corrected chi connectivity index (χ4v) is 0.540. The fourth-order valence-electron chi connectivity index (χ4n) is 0.540. The topological polar surface area (TPSA) is 325 Å². The van der Waals surface area contributed by atoms with Crippen molar-refractivity contribution in [3.8, 4) is 0 Å². The molecular formula is C8H18K2O15Sb2+2. The van der Waals surface area contributed by atoms with Gasteiger partial charge in [0.05, 0.1) is 0 Å². The summed E-state index contributed by atoms with van der Waals surface area (Å²) in [7, 11) is 0. The Morgan fingerprint density at radius 2 is 0.519 bits per heavy atom. The summed E-state index contributed by atoms with van der Waals surface area (Å²) in [5, 5.41) is 65.1. The van der Waals surface area contributed by atoms with E-state index in [1.165, 1.54) is 0 Å². The molecule has 0 bridgehead atoms. The molecule has 6 radical (unpaired) electrons. The van der Waals surface area contributed by atoms with Crippen molar-refractivity contribution in [2.75, 3.05) is 0 Å². The standard InChI is InChI=1S/2C4H6O6.2K.3H2O.2Sb/c2*5-1(3(7)8)2(6)4(9)10;;;;;;;/h2*1-2,5-6H,(H,7,8)(H,9,10);;;3*1H2;;/q;;2*+1;;;;;. The van der Waals surface area contributed by atoms with Gasteiger partial charge in [-0.25, -0.2) is 19.2 Å². The number of rotatable bonds is 6. The molecular weight excluding hydrogens is 658 g/mol. The third kappa shape index (κ3) is 28.5. The van der Waals surface area contributed by atoms with E-state index in [1.54, 1.807) is 0 Å². The molecule has 14 N–H and O–H groups in total. The molecule has 0 aromatic heterocycles. The van der Waals surface area contributed by atoms with E-state index in [0.717, 1.165) is 0 Å². The van der Waals surface area contributed by atoms with E-state index < -0.39 is 48.3 Å². The number of carboxylic acid groups (broad SMARTS) is 4. The van der Waals surface area contributed by atoms with Gasteiger partial charge in [0.2, 0.25) is 0 Å². The first-order valence-corrected chi connectivity index (χ1v) is 4.57. The van der Waals surface area contributed by atoms with Crippen LogP contribution in [-0.2, 0) is 19.2 Å². The first kappa shape index (κ1) is 57.0. The summed E-state index contributed by atoms with van der Waals surface area (Å²) in [6.45, 7) is 0. The molecule has 4 unspecified atom stereocenters. The second-order valence-corrected chi connectivity index (χ2v) is 3.13. The minimum atomic E-state index is -2.27. The third-order valence-corrected chi connectivity index (χ3v) is 1.61. The molecule has 15 nitrogen and oxygen atoms in total. The molecule has 0 aliphatic rings. The predicted octanol–water partition coefficient (Wildman–Crippen LogP) is -13.5. The average molecular weight is 676 g/mol. The second-order valence-electron chi connectivity index (χ2n) is 3.13. The van der Waals surface area contributed by atoms with Crippen LogP contribution in [0, 0.1) is 0 Å². The molecule has 0 heterocycles. The van der Waals surface area contributed by atoms with Crippen LogP contribution in [0.3, 0.4) is 0 Å². The smallest absolute Gasteiger partial charge is 0.479 e. The molecule has 4 atom stereocenters. The Hall–Kier alpha value is 2.51. The zero-order valence-electron chi connectivity index (χ0n) is 13.9. The van der Waals surface area contributed by atoms with Gasteiger partial charge in [0.15, 0.2) is 24.4 Å². The van der Waals surface area contributed by atoms with Crippen molar-refractivity contribution in [1.29, 1.82) is 0 Å². The number of carboxylic acids is 4. The van der Waals surface area contributed by atoms with Crippen LogP contribution < -0.4 is 103 Å². The molecule has 0 rings (SSSR count).